The summed E-state index contributed by atoms with van der Waals surface area (Å²) in [6.07, 6.45) is 3.34. The van der Waals surface area contributed by atoms with Gasteiger partial charge in [0.15, 0.2) is 11.6 Å². The average Bonchev–Trinajstić information content (AvgIpc) is 3.26. The van der Waals surface area contributed by atoms with E-state index in [1.54, 1.807) is 6.07 Å². The van der Waals surface area contributed by atoms with Gasteiger partial charge in [-0.15, -0.1) is 0 Å². The highest BCUT2D eigenvalue weighted by atomic mass is 19.2. The van der Waals surface area contributed by atoms with Crippen LogP contribution in [0.3, 0.4) is 0 Å². The number of nitrogens with one attached hydrogen (secondary N) is 2. The van der Waals surface area contributed by atoms with Crippen molar-refractivity contribution in [3.8, 4) is 0 Å². The largest absolute Gasteiger partial charge is 0.360 e. The zero-order valence-corrected chi connectivity index (χ0v) is 15.8. The molecule has 3 heterocycles. The molecule has 7 heteroatoms. The Morgan fingerprint density at radius 2 is 2.07 bits per heavy atom. The fourth-order valence-electron chi connectivity index (χ4n) is 4.41. The molecule has 0 radical (unpaired) electrons. The minimum absolute atomic E-state index is 0.182. The van der Waals surface area contributed by atoms with E-state index in [9.17, 15) is 8.78 Å². The van der Waals surface area contributed by atoms with Crippen LogP contribution in [0, 0.1) is 25.5 Å². The summed E-state index contributed by atoms with van der Waals surface area (Å²) in [6.45, 7) is 6.36. The van der Waals surface area contributed by atoms with Gasteiger partial charge in [0.25, 0.3) is 0 Å². The molecule has 2 aliphatic rings. The molecule has 2 aliphatic heterocycles. The van der Waals surface area contributed by atoms with Gasteiger partial charge in [0.2, 0.25) is 0 Å². The van der Waals surface area contributed by atoms with Gasteiger partial charge >= 0.3 is 0 Å². The minimum Gasteiger partial charge on any atom is -0.360 e. The zero-order chi connectivity index (χ0) is 19.0. The van der Waals surface area contributed by atoms with Crippen molar-refractivity contribution in [2.45, 2.75) is 57.7 Å². The van der Waals surface area contributed by atoms with E-state index in [1.807, 2.05) is 6.92 Å². The molecule has 0 saturated carbocycles. The third-order valence-electron chi connectivity index (χ3n) is 6.00. The molecular weight excluding hydrogens is 350 g/mol. The van der Waals surface area contributed by atoms with E-state index in [1.165, 1.54) is 12.1 Å². The van der Waals surface area contributed by atoms with Crippen LogP contribution in [0.4, 0.5) is 8.78 Å². The lowest BCUT2D eigenvalue weighted by Gasteiger charge is -2.40. The van der Waals surface area contributed by atoms with Crippen LogP contribution in [0.1, 0.15) is 47.8 Å². The Morgan fingerprint density at radius 1 is 1.22 bits per heavy atom. The number of hydrogen-bond acceptors (Lipinski definition) is 5. The summed E-state index contributed by atoms with van der Waals surface area (Å²) in [5.41, 5.74) is 9.56. The smallest absolute Gasteiger partial charge is 0.159 e. The average molecular weight is 376 g/mol. The van der Waals surface area contributed by atoms with Crippen molar-refractivity contribution >= 4 is 0 Å². The number of piperidine rings is 1. The molecule has 0 aliphatic carbocycles. The third kappa shape index (κ3) is 3.63. The molecule has 1 aromatic carbocycles. The topological polar surface area (TPSA) is 53.3 Å². The van der Waals surface area contributed by atoms with Gasteiger partial charge in [-0.2, -0.15) is 0 Å². The molecule has 2 N–H and O–H groups in total. The standard InChI is InChI=1S/C20H26F2N4O/c1-12-13(2)25-27-20(12)15-10-23-24-19(15)18-5-3-4-8-26(18)11-14-6-7-16(21)17(22)9-14/h6-7,9,15,18-19,23-24H,3-5,8,10-11H2,1-2H3. The monoisotopic (exact) mass is 376 g/mol. The Morgan fingerprint density at radius 3 is 2.81 bits per heavy atom. The number of aromatic nitrogens is 1. The summed E-state index contributed by atoms with van der Waals surface area (Å²) in [6, 6.07) is 4.66. The third-order valence-corrected chi connectivity index (χ3v) is 6.00. The molecule has 1 aromatic heterocycles. The first kappa shape index (κ1) is 18.5. The number of nitrogens with zero attached hydrogens (tertiary/aromatic N) is 2. The number of halogens is 2. The number of benzene rings is 1. The van der Waals surface area contributed by atoms with Gasteiger partial charge in [0, 0.05) is 30.7 Å². The van der Waals surface area contributed by atoms with Crippen molar-refractivity contribution in [3.63, 3.8) is 0 Å². The van der Waals surface area contributed by atoms with Crippen molar-refractivity contribution in [2.24, 2.45) is 0 Å². The molecule has 2 fully saturated rings. The molecule has 146 valence electrons. The van der Waals surface area contributed by atoms with Gasteiger partial charge in [-0.25, -0.2) is 8.78 Å². The van der Waals surface area contributed by atoms with Gasteiger partial charge in [-0.1, -0.05) is 17.6 Å². The van der Waals surface area contributed by atoms with Gasteiger partial charge in [0.1, 0.15) is 5.76 Å². The maximum Gasteiger partial charge on any atom is 0.159 e. The van der Waals surface area contributed by atoms with E-state index in [-0.39, 0.29) is 18.0 Å². The van der Waals surface area contributed by atoms with Crippen LogP contribution in [0.25, 0.3) is 0 Å². The highest BCUT2D eigenvalue weighted by Crippen LogP contribution is 2.33. The first-order valence-corrected chi connectivity index (χ1v) is 9.63. The van der Waals surface area contributed by atoms with Crippen molar-refractivity contribution in [2.75, 3.05) is 13.1 Å². The van der Waals surface area contributed by atoms with Crippen molar-refractivity contribution in [1.82, 2.24) is 20.9 Å². The van der Waals surface area contributed by atoms with E-state index < -0.39 is 11.6 Å². The lowest BCUT2D eigenvalue weighted by molar-refractivity contribution is 0.103. The predicted octanol–water partition coefficient (Wildman–Crippen LogP) is 3.18. The van der Waals surface area contributed by atoms with Crippen LogP contribution in [0.5, 0.6) is 0 Å². The Labute approximate surface area is 158 Å². The molecule has 2 aromatic rings. The lowest BCUT2D eigenvalue weighted by atomic mass is 9.85. The second-order valence-corrected chi connectivity index (χ2v) is 7.70. The Hall–Kier alpha value is -1.83. The van der Waals surface area contributed by atoms with E-state index in [4.69, 9.17) is 4.52 Å². The van der Waals surface area contributed by atoms with Crippen molar-refractivity contribution in [3.05, 3.63) is 52.4 Å². The minimum atomic E-state index is -0.799. The first-order valence-electron chi connectivity index (χ1n) is 9.63. The number of aryl methyl sites for hydroxylation is 1. The summed E-state index contributed by atoms with van der Waals surface area (Å²) in [5.74, 6) is -0.450. The van der Waals surface area contributed by atoms with Gasteiger partial charge < -0.3 is 4.52 Å². The van der Waals surface area contributed by atoms with Crippen LogP contribution in [-0.2, 0) is 6.54 Å². The number of hydrazine groups is 1. The van der Waals surface area contributed by atoms with Gasteiger partial charge in [-0.3, -0.25) is 15.8 Å². The molecule has 0 spiro atoms. The second-order valence-electron chi connectivity index (χ2n) is 7.70. The molecule has 3 unspecified atom stereocenters. The van der Waals surface area contributed by atoms with E-state index >= 15 is 0 Å². The fourth-order valence-corrected chi connectivity index (χ4v) is 4.41. The molecule has 0 amide bonds. The number of hydrogen-bond donors (Lipinski definition) is 2. The highest BCUT2D eigenvalue weighted by molar-refractivity contribution is 5.26. The van der Waals surface area contributed by atoms with Crippen LogP contribution in [0.2, 0.25) is 0 Å². The molecular formula is C20H26F2N4O. The van der Waals surface area contributed by atoms with Crippen LogP contribution in [-0.4, -0.2) is 35.2 Å². The zero-order valence-electron chi connectivity index (χ0n) is 15.8. The molecule has 2 saturated heterocycles. The maximum atomic E-state index is 13.6. The summed E-state index contributed by atoms with van der Waals surface area (Å²) >= 11 is 0. The van der Waals surface area contributed by atoms with Crippen molar-refractivity contribution in [1.29, 1.82) is 0 Å². The lowest BCUT2D eigenvalue weighted by Crippen LogP contribution is -2.52. The van der Waals surface area contributed by atoms with E-state index in [0.717, 1.165) is 54.9 Å². The summed E-state index contributed by atoms with van der Waals surface area (Å²) in [7, 11) is 0. The summed E-state index contributed by atoms with van der Waals surface area (Å²) in [5, 5.41) is 4.12. The van der Waals surface area contributed by atoms with Crippen LogP contribution < -0.4 is 10.9 Å². The molecule has 27 heavy (non-hydrogen) atoms. The highest BCUT2D eigenvalue weighted by Gasteiger charge is 2.41. The first-order chi connectivity index (χ1) is 13.0. The van der Waals surface area contributed by atoms with Gasteiger partial charge in [-0.05, 0) is 50.9 Å². The quantitative estimate of drug-likeness (QED) is 0.858. The van der Waals surface area contributed by atoms with Crippen LogP contribution in [0.15, 0.2) is 22.7 Å². The maximum absolute atomic E-state index is 13.6. The second kappa shape index (κ2) is 7.66. The number of likely N-dealkylation sites (tertiary alicyclic amines) is 1. The van der Waals surface area contributed by atoms with Gasteiger partial charge in [0.05, 0.1) is 11.6 Å². The van der Waals surface area contributed by atoms with E-state index in [0.29, 0.717) is 6.54 Å². The molecule has 4 rings (SSSR count). The summed E-state index contributed by atoms with van der Waals surface area (Å²) < 4.78 is 32.5. The molecule has 5 nitrogen and oxygen atoms in total. The van der Waals surface area contributed by atoms with Crippen molar-refractivity contribution < 1.29 is 13.3 Å². The predicted molar refractivity (Wildman–Crippen MR) is 98.1 cm³/mol. The van der Waals surface area contributed by atoms with E-state index in [2.05, 4.69) is 27.8 Å². The number of rotatable bonds is 4. The Bertz CT molecular complexity index is 809. The molecule has 0 bridgehead atoms. The summed E-state index contributed by atoms with van der Waals surface area (Å²) in [4.78, 5) is 2.38. The Balaban J connectivity index is 1.56. The Kier molecular flexibility index (Phi) is 5.25. The normalized spacial score (nSPS) is 26.6. The fraction of sp³-hybridized carbons (Fsp3) is 0.550. The van der Waals surface area contributed by atoms with Crippen LogP contribution >= 0.6 is 0 Å². The molecule has 3 atom stereocenters. The SMILES string of the molecule is Cc1noc(C2CNNC2C2CCCCN2Cc2ccc(F)c(F)c2)c1C.